The van der Waals surface area contributed by atoms with E-state index in [-0.39, 0.29) is 12.3 Å². The molecule has 0 aliphatic carbocycles. The van der Waals surface area contributed by atoms with Crippen molar-refractivity contribution in [1.82, 2.24) is 0 Å². The maximum Gasteiger partial charge on any atom is 0.226 e. The number of ether oxygens (including phenoxy) is 5. The fourth-order valence-corrected chi connectivity index (χ4v) is 2.64. The molecule has 0 bridgehead atoms. The number of hydrogen-bond donors (Lipinski definition) is 2. The van der Waals surface area contributed by atoms with Crippen molar-refractivity contribution in [1.29, 1.82) is 0 Å². The maximum atomic E-state index is 12.2. The number of hydrogen-bond acceptors (Lipinski definition) is 7. The number of nitrogens with one attached hydrogen (secondary N) is 2. The van der Waals surface area contributed by atoms with Crippen LogP contribution in [0.25, 0.3) is 0 Å². The van der Waals surface area contributed by atoms with Crippen LogP contribution in [0.3, 0.4) is 0 Å². The lowest BCUT2D eigenvalue weighted by molar-refractivity contribution is -0.115. The molecule has 28 heavy (non-hydrogen) atoms. The number of amides is 1. The highest BCUT2D eigenvalue weighted by Gasteiger charge is 2.13. The Morgan fingerprint density at radius 2 is 1.32 bits per heavy atom. The Balaban J connectivity index is 1.95. The molecule has 2 N–H and O–H groups in total. The van der Waals surface area contributed by atoms with Crippen molar-refractivity contribution in [3.8, 4) is 28.7 Å². The average molecular weight is 390 g/mol. The molecule has 8 nitrogen and oxygen atoms in total. The van der Waals surface area contributed by atoms with Crippen LogP contribution in [0, 0.1) is 0 Å². The molecule has 0 radical (unpaired) electrons. The summed E-state index contributed by atoms with van der Waals surface area (Å²) in [5.74, 6) is 2.62. The minimum Gasteiger partial charge on any atom is -0.493 e. The summed E-state index contributed by atoms with van der Waals surface area (Å²) in [6.07, 6.45) is 0.269. The molecule has 0 aliphatic heterocycles. The van der Waals surface area contributed by atoms with E-state index in [1.54, 1.807) is 65.9 Å². The quantitative estimate of drug-likeness (QED) is 0.644. The van der Waals surface area contributed by atoms with Crippen molar-refractivity contribution in [2.45, 2.75) is 6.42 Å². The second-order valence-electron chi connectivity index (χ2n) is 5.71. The molecule has 0 aliphatic rings. The summed E-state index contributed by atoms with van der Waals surface area (Å²) in [4.78, 5) is 12.2. The van der Waals surface area contributed by atoms with Crippen LogP contribution >= 0.6 is 0 Å². The monoisotopic (exact) mass is 390 g/mol. The van der Waals surface area contributed by atoms with E-state index in [2.05, 4.69) is 10.6 Å². The zero-order valence-electron chi connectivity index (χ0n) is 16.8. The topological polar surface area (TPSA) is 87.3 Å². The highest BCUT2D eigenvalue weighted by Crippen LogP contribution is 2.39. The molecule has 0 unspecified atom stereocenters. The Hall–Kier alpha value is -3.29. The van der Waals surface area contributed by atoms with Gasteiger partial charge >= 0.3 is 0 Å². The first kappa shape index (κ1) is 21.0. The van der Waals surface area contributed by atoms with Crippen LogP contribution in [-0.4, -0.2) is 48.0 Å². The van der Waals surface area contributed by atoms with Gasteiger partial charge < -0.3 is 34.3 Å². The lowest BCUT2D eigenvalue weighted by atomic mass is 10.2. The summed E-state index contributed by atoms with van der Waals surface area (Å²) in [7, 11) is 7.76. The Labute approximate surface area is 164 Å². The van der Waals surface area contributed by atoms with E-state index >= 15 is 0 Å². The van der Waals surface area contributed by atoms with Crippen LogP contribution in [-0.2, 0) is 4.79 Å². The number of anilines is 2. The molecule has 0 saturated heterocycles. The highest BCUT2D eigenvalue weighted by molar-refractivity contribution is 5.91. The zero-order valence-corrected chi connectivity index (χ0v) is 16.8. The largest absolute Gasteiger partial charge is 0.493 e. The van der Waals surface area contributed by atoms with Gasteiger partial charge in [-0.2, -0.15) is 0 Å². The lowest BCUT2D eigenvalue weighted by Gasteiger charge is -2.15. The summed E-state index contributed by atoms with van der Waals surface area (Å²) in [6.45, 7) is 0.428. The smallest absolute Gasteiger partial charge is 0.226 e. The van der Waals surface area contributed by atoms with Crippen LogP contribution < -0.4 is 34.3 Å². The van der Waals surface area contributed by atoms with Gasteiger partial charge in [-0.1, -0.05) is 0 Å². The minimum absolute atomic E-state index is 0.132. The van der Waals surface area contributed by atoms with Gasteiger partial charge in [0.1, 0.15) is 0 Å². The fourth-order valence-electron chi connectivity index (χ4n) is 2.64. The first-order valence-electron chi connectivity index (χ1n) is 8.62. The van der Waals surface area contributed by atoms with Crippen molar-refractivity contribution in [2.24, 2.45) is 0 Å². The normalized spacial score (nSPS) is 10.0. The third-order valence-corrected chi connectivity index (χ3v) is 4.01. The van der Waals surface area contributed by atoms with Crippen LogP contribution in [0.5, 0.6) is 28.7 Å². The summed E-state index contributed by atoms with van der Waals surface area (Å²) < 4.78 is 26.4. The fraction of sp³-hybridized carbons (Fsp3) is 0.350. The molecule has 0 aromatic heterocycles. The number of carbonyl (C=O) groups excluding carboxylic acids is 1. The van der Waals surface area contributed by atoms with Crippen molar-refractivity contribution < 1.29 is 28.5 Å². The number of benzene rings is 2. The number of carbonyl (C=O) groups is 1. The third kappa shape index (κ3) is 5.12. The molecule has 2 aromatic carbocycles. The first-order chi connectivity index (χ1) is 13.6. The molecule has 152 valence electrons. The number of methoxy groups -OCH3 is 5. The predicted molar refractivity (Wildman–Crippen MR) is 107 cm³/mol. The summed E-state index contributed by atoms with van der Waals surface area (Å²) in [5, 5.41) is 6.02. The Morgan fingerprint density at radius 1 is 0.750 bits per heavy atom. The van der Waals surface area contributed by atoms with Crippen LogP contribution in [0.1, 0.15) is 6.42 Å². The van der Waals surface area contributed by atoms with Gasteiger partial charge in [-0.15, -0.1) is 0 Å². The van der Waals surface area contributed by atoms with Crippen LogP contribution in [0.2, 0.25) is 0 Å². The Morgan fingerprint density at radius 3 is 1.86 bits per heavy atom. The van der Waals surface area contributed by atoms with E-state index in [1.165, 1.54) is 0 Å². The molecule has 0 fully saturated rings. The second kappa shape index (κ2) is 10.1. The maximum absolute atomic E-state index is 12.2. The minimum atomic E-state index is -0.132. The van der Waals surface area contributed by atoms with E-state index in [4.69, 9.17) is 23.7 Å². The standard InChI is InChI=1S/C20H26N2O6/c1-24-15-7-6-13(10-16(15)25-2)22-19(23)8-9-21-14-11-17(26-3)20(28-5)18(12-14)27-4/h6-7,10-12,21H,8-9H2,1-5H3,(H,22,23). The van der Waals surface area contributed by atoms with E-state index in [0.717, 1.165) is 5.69 Å². The van der Waals surface area contributed by atoms with Gasteiger partial charge in [0.05, 0.1) is 35.5 Å². The van der Waals surface area contributed by atoms with Crippen molar-refractivity contribution in [3.05, 3.63) is 30.3 Å². The molecule has 8 heteroatoms. The molecular weight excluding hydrogens is 364 g/mol. The molecule has 0 spiro atoms. The van der Waals surface area contributed by atoms with Gasteiger partial charge in [0.15, 0.2) is 23.0 Å². The molecule has 2 rings (SSSR count). The van der Waals surface area contributed by atoms with Crippen molar-refractivity contribution in [2.75, 3.05) is 52.7 Å². The summed E-state index contributed by atoms with van der Waals surface area (Å²) >= 11 is 0. The van der Waals surface area contributed by atoms with E-state index in [9.17, 15) is 4.79 Å². The Kier molecular flexibility index (Phi) is 7.62. The van der Waals surface area contributed by atoms with Gasteiger partial charge in [-0.3, -0.25) is 4.79 Å². The van der Waals surface area contributed by atoms with Gasteiger partial charge in [-0.05, 0) is 12.1 Å². The highest BCUT2D eigenvalue weighted by atomic mass is 16.5. The zero-order chi connectivity index (χ0) is 20.5. The molecule has 0 saturated carbocycles. The first-order valence-corrected chi connectivity index (χ1v) is 8.62. The lowest BCUT2D eigenvalue weighted by Crippen LogP contribution is -2.16. The molecule has 0 heterocycles. The molecule has 2 aromatic rings. The van der Waals surface area contributed by atoms with Gasteiger partial charge in [0, 0.05) is 42.5 Å². The van der Waals surface area contributed by atoms with Crippen molar-refractivity contribution in [3.63, 3.8) is 0 Å². The second-order valence-corrected chi connectivity index (χ2v) is 5.71. The van der Waals surface area contributed by atoms with Gasteiger partial charge in [-0.25, -0.2) is 0 Å². The van der Waals surface area contributed by atoms with Gasteiger partial charge in [0.2, 0.25) is 11.7 Å². The van der Waals surface area contributed by atoms with E-state index in [0.29, 0.717) is 41.0 Å². The van der Waals surface area contributed by atoms with Gasteiger partial charge in [0.25, 0.3) is 0 Å². The van der Waals surface area contributed by atoms with Crippen LogP contribution in [0.15, 0.2) is 30.3 Å². The number of rotatable bonds is 10. The predicted octanol–water partition coefficient (Wildman–Crippen LogP) is 3.17. The summed E-state index contributed by atoms with van der Waals surface area (Å²) in [6, 6.07) is 8.78. The average Bonchev–Trinajstić information content (AvgIpc) is 2.72. The third-order valence-electron chi connectivity index (χ3n) is 4.01. The van der Waals surface area contributed by atoms with E-state index in [1.807, 2.05) is 0 Å². The van der Waals surface area contributed by atoms with Crippen LogP contribution in [0.4, 0.5) is 11.4 Å². The molecular formula is C20H26N2O6. The molecule has 0 atom stereocenters. The summed E-state index contributed by atoms with van der Waals surface area (Å²) in [5.41, 5.74) is 1.39. The van der Waals surface area contributed by atoms with E-state index < -0.39 is 0 Å². The SMILES string of the molecule is COc1ccc(NC(=O)CCNc2cc(OC)c(OC)c(OC)c2)cc1OC. The Bertz CT molecular complexity index is 784. The van der Waals surface area contributed by atoms with Crippen molar-refractivity contribution >= 4 is 17.3 Å². The molecule has 1 amide bonds.